The van der Waals surface area contributed by atoms with Crippen molar-refractivity contribution in [2.24, 2.45) is 14.1 Å². The van der Waals surface area contributed by atoms with Crippen LogP contribution < -0.4 is 20.7 Å². The second-order valence-electron chi connectivity index (χ2n) is 7.66. The van der Waals surface area contributed by atoms with Crippen molar-refractivity contribution in [2.75, 3.05) is 19.9 Å². The Morgan fingerprint density at radius 3 is 2.60 bits per heavy atom. The summed E-state index contributed by atoms with van der Waals surface area (Å²) in [5.74, 6) is 1.95. The second-order valence-corrected chi connectivity index (χ2v) is 7.66. The van der Waals surface area contributed by atoms with Crippen LogP contribution in [-0.4, -0.2) is 49.8 Å². The van der Waals surface area contributed by atoms with E-state index >= 15 is 0 Å². The Hall–Kier alpha value is -3.56. The zero-order chi connectivity index (χ0) is 21.0. The van der Waals surface area contributed by atoms with E-state index in [1.807, 2.05) is 4.90 Å². The molecule has 2 aliphatic heterocycles. The number of H-pyrrole nitrogens is 1. The van der Waals surface area contributed by atoms with Crippen LogP contribution in [0.2, 0.25) is 0 Å². The number of aromatic amines is 1. The number of hydrogen-bond donors (Lipinski definition) is 1. The van der Waals surface area contributed by atoms with Crippen LogP contribution >= 0.6 is 0 Å². The van der Waals surface area contributed by atoms with Crippen LogP contribution in [0.1, 0.15) is 34.9 Å². The molecule has 2 aliphatic rings. The fourth-order valence-electron chi connectivity index (χ4n) is 4.11. The molecule has 3 aromatic rings. The van der Waals surface area contributed by atoms with Gasteiger partial charge in [0.1, 0.15) is 11.3 Å². The maximum Gasteiger partial charge on any atom is 0.332 e. The van der Waals surface area contributed by atoms with E-state index in [9.17, 15) is 14.4 Å². The number of imidazole rings is 1. The minimum absolute atomic E-state index is 0.0485. The Bertz CT molecular complexity index is 1280. The minimum atomic E-state index is -0.408. The van der Waals surface area contributed by atoms with Crippen LogP contribution in [-0.2, 0) is 14.1 Å². The summed E-state index contributed by atoms with van der Waals surface area (Å²) >= 11 is 0. The van der Waals surface area contributed by atoms with E-state index in [4.69, 9.17) is 9.47 Å². The summed E-state index contributed by atoms with van der Waals surface area (Å²) in [5, 5.41) is 0. The number of ether oxygens (including phenoxy) is 2. The van der Waals surface area contributed by atoms with Gasteiger partial charge in [0.15, 0.2) is 17.1 Å². The zero-order valence-corrected chi connectivity index (χ0v) is 16.7. The first-order valence-electron chi connectivity index (χ1n) is 9.78. The molecule has 4 heterocycles. The second kappa shape index (κ2) is 6.75. The molecular weight excluding hydrogens is 390 g/mol. The molecule has 5 rings (SSSR count). The molecule has 0 radical (unpaired) electrons. The summed E-state index contributed by atoms with van der Waals surface area (Å²) < 4.78 is 13.1. The molecule has 1 fully saturated rings. The van der Waals surface area contributed by atoms with E-state index in [-0.39, 0.29) is 24.2 Å². The van der Waals surface area contributed by atoms with E-state index in [2.05, 4.69) is 9.97 Å². The number of carbonyl (C=O) groups excluding carboxylic acids is 1. The van der Waals surface area contributed by atoms with Crippen LogP contribution in [0.15, 0.2) is 27.8 Å². The van der Waals surface area contributed by atoms with Gasteiger partial charge in [-0.3, -0.25) is 18.7 Å². The number of likely N-dealkylation sites (tertiary alicyclic amines) is 1. The summed E-state index contributed by atoms with van der Waals surface area (Å²) in [6.07, 6.45) is 1.43. The molecule has 1 amide bonds. The lowest BCUT2D eigenvalue weighted by Crippen LogP contribution is -2.38. The average molecular weight is 411 g/mol. The van der Waals surface area contributed by atoms with E-state index in [0.717, 1.165) is 4.57 Å². The van der Waals surface area contributed by atoms with Gasteiger partial charge >= 0.3 is 5.69 Å². The predicted octanol–water partition coefficient (Wildman–Crippen LogP) is 0.709. The number of carbonyl (C=O) groups is 1. The third-order valence-corrected chi connectivity index (χ3v) is 5.90. The third-order valence-electron chi connectivity index (χ3n) is 5.90. The number of hydrogen-bond acceptors (Lipinski definition) is 6. The van der Waals surface area contributed by atoms with Gasteiger partial charge in [0, 0.05) is 38.7 Å². The molecule has 0 atom stereocenters. The maximum atomic E-state index is 12.9. The van der Waals surface area contributed by atoms with Gasteiger partial charge in [0.25, 0.3) is 11.5 Å². The van der Waals surface area contributed by atoms with E-state index in [0.29, 0.717) is 60.0 Å². The lowest BCUT2D eigenvalue weighted by molar-refractivity contribution is 0.0711. The normalized spacial score (nSPS) is 16.4. The number of aromatic nitrogens is 4. The molecule has 156 valence electrons. The molecule has 10 heteroatoms. The summed E-state index contributed by atoms with van der Waals surface area (Å²) in [7, 11) is 3.05. The van der Waals surface area contributed by atoms with Crippen LogP contribution in [0.4, 0.5) is 0 Å². The monoisotopic (exact) mass is 411 g/mol. The standard InChI is InChI=1S/C20H21N5O5/c1-23-17-15(19(27)24(2)20(23)28)21-16(22-17)11-5-7-25(8-6-11)18(26)12-3-4-13-14(9-12)30-10-29-13/h3-4,9,11H,5-8,10H2,1-2H3,(H,21,22). The highest BCUT2D eigenvalue weighted by Crippen LogP contribution is 2.33. The summed E-state index contributed by atoms with van der Waals surface area (Å²) in [6, 6.07) is 5.21. The number of rotatable bonds is 2. The molecule has 2 aromatic heterocycles. The largest absolute Gasteiger partial charge is 0.454 e. The average Bonchev–Trinajstić information content (AvgIpc) is 3.42. The fourth-order valence-corrected chi connectivity index (χ4v) is 4.11. The van der Waals surface area contributed by atoms with Crippen LogP contribution in [0.5, 0.6) is 11.5 Å². The van der Waals surface area contributed by atoms with Crippen molar-refractivity contribution < 1.29 is 14.3 Å². The van der Waals surface area contributed by atoms with Crippen molar-refractivity contribution >= 4 is 17.1 Å². The summed E-state index contributed by atoms with van der Waals surface area (Å²) in [4.78, 5) is 46.8. The fraction of sp³-hybridized carbons (Fsp3) is 0.400. The smallest absolute Gasteiger partial charge is 0.332 e. The highest BCUT2D eigenvalue weighted by molar-refractivity contribution is 5.95. The highest BCUT2D eigenvalue weighted by Gasteiger charge is 2.28. The molecule has 0 unspecified atom stereocenters. The van der Waals surface area contributed by atoms with Crippen LogP contribution in [0, 0.1) is 0 Å². The number of aryl methyl sites for hydroxylation is 1. The van der Waals surface area contributed by atoms with Gasteiger partial charge in [-0.15, -0.1) is 0 Å². The van der Waals surface area contributed by atoms with Crippen molar-refractivity contribution in [3.05, 3.63) is 50.4 Å². The van der Waals surface area contributed by atoms with Gasteiger partial charge in [-0.25, -0.2) is 9.78 Å². The Labute approximate surface area is 170 Å². The van der Waals surface area contributed by atoms with Crippen molar-refractivity contribution in [2.45, 2.75) is 18.8 Å². The van der Waals surface area contributed by atoms with Crippen molar-refractivity contribution in [1.82, 2.24) is 24.0 Å². The molecule has 1 aromatic carbocycles. The quantitative estimate of drug-likeness (QED) is 0.665. The van der Waals surface area contributed by atoms with Gasteiger partial charge in [0.05, 0.1) is 0 Å². The molecule has 30 heavy (non-hydrogen) atoms. The Morgan fingerprint density at radius 1 is 1.10 bits per heavy atom. The number of piperidine rings is 1. The first-order chi connectivity index (χ1) is 14.4. The molecular formula is C20H21N5O5. The number of nitrogens with zero attached hydrogens (tertiary/aromatic N) is 4. The molecule has 1 saturated heterocycles. The molecule has 0 saturated carbocycles. The number of fused-ring (bicyclic) bond motifs is 2. The third kappa shape index (κ3) is 2.78. The zero-order valence-electron chi connectivity index (χ0n) is 16.7. The van der Waals surface area contributed by atoms with E-state index < -0.39 is 5.69 Å². The van der Waals surface area contributed by atoms with Crippen molar-refractivity contribution in [3.8, 4) is 11.5 Å². The SMILES string of the molecule is Cn1c(=O)c2[nH]c(C3CCN(C(=O)c4ccc5c(c4)OCO5)CC3)nc2n(C)c1=O. The molecule has 0 bridgehead atoms. The van der Waals surface area contributed by atoms with Crippen LogP contribution in [0.25, 0.3) is 11.2 Å². The summed E-state index contributed by atoms with van der Waals surface area (Å²) in [5.41, 5.74) is 0.460. The molecule has 1 N–H and O–H groups in total. The highest BCUT2D eigenvalue weighted by atomic mass is 16.7. The first-order valence-corrected chi connectivity index (χ1v) is 9.78. The van der Waals surface area contributed by atoms with Crippen molar-refractivity contribution in [1.29, 1.82) is 0 Å². The van der Waals surface area contributed by atoms with Gasteiger partial charge < -0.3 is 19.4 Å². The predicted molar refractivity (Wildman–Crippen MR) is 107 cm³/mol. The minimum Gasteiger partial charge on any atom is -0.454 e. The van der Waals surface area contributed by atoms with E-state index in [1.165, 1.54) is 11.6 Å². The molecule has 0 aliphatic carbocycles. The Kier molecular flexibility index (Phi) is 4.16. The summed E-state index contributed by atoms with van der Waals surface area (Å²) in [6.45, 7) is 1.32. The lowest BCUT2D eigenvalue weighted by Gasteiger charge is -2.31. The first kappa shape index (κ1) is 18.5. The van der Waals surface area contributed by atoms with Gasteiger partial charge in [0.2, 0.25) is 6.79 Å². The number of nitrogens with one attached hydrogen (secondary N) is 1. The van der Waals surface area contributed by atoms with Crippen molar-refractivity contribution in [3.63, 3.8) is 0 Å². The van der Waals surface area contributed by atoms with Gasteiger partial charge in [-0.05, 0) is 31.0 Å². The van der Waals surface area contributed by atoms with Crippen LogP contribution in [0.3, 0.4) is 0 Å². The van der Waals surface area contributed by atoms with Gasteiger partial charge in [-0.2, -0.15) is 0 Å². The number of benzene rings is 1. The number of amides is 1. The van der Waals surface area contributed by atoms with Gasteiger partial charge in [-0.1, -0.05) is 0 Å². The topological polar surface area (TPSA) is 111 Å². The molecule has 10 nitrogen and oxygen atoms in total. The maximum absolute atomic E-state index is 12.9. The lowest BCUT2D eigenvalue weighted by atomic mass is 9.95. The Morgan fingerprint density at radius 2 is 1.83 bits per heavy atom. The Balaban J connectivity index is 1.34. The van der Waals surface area contributed by atoms with E-state index in [1.54, 1.807) is 25.2 Å². The molecule has 0 spiro atoms.